The Bertz CT molecular complexity index is 490. The summed E-state index contributed by atoms with van der Waals surface area (Å²) >= 11 is 0. The lowest BCUT2D eigenvalue weighted by atomic mass is 9.95. The zero-order valence-electron chi connectivity index (χ0n) is 13.9. The van der Waals surface area contributed by atoms with E-state index in [1.54, 1.807) is 13.0 Å². The molecule has 0 unspecified atom stereocenters. The number of esters is 1. The third kappa shape index (κ3) is 6.03. The average molecular weight is 290 g/mol. The molecule has 0 aliphatic carbocycles. The van der Waals surface area contributed by atoms with Crippen LogP contribution in [0, 0.1) is 5.92 Å². The Labute approximate surface area is 128 Å². The highest BCUT2D eigenvalue weighted by Crippen LogP contribution is 2.26. The number of carbonyl (C=O) groups excluding carboxylic acids is 1. The standard InChI is InChI=1S/C18H26O3/c1-7-20-17(19)12-16(13(2)3)14-8-10-15(11-9-14)21-18(4,5)6/h8-13H,7H2,1-6H3. The summed E-state index contributed by atoms with van der Waals surface area (Å²) in [5, 5.41) is 0. The van der Waals surface area contributed by atoms with E-state index in [9.17, 15) is 4.79 Å². The minimum absolute atomic E-state index is 0.219. The van der Waals surface area contributed by atoms with Crippen LogP contribution in [-0.2, 0) is 9.53 Å². The van der Waals surface area contributed by atoms with Gasteiger partial charge in [-0.2, -0.15) is 0 Å². The summed E-state index contributed by atoms with van der Waals surface area (Å²) in [4.78, 5) is 11.7. The van der Waals surface area contributed by atoms with Gasteiger partial charge in [0.2, 0.25) is 0 Å². The number of hydrogen-bond donors (Lipinski definition) is 0. The van der Waals surface area contributed by atoms with Gasteiger partial charge < -0.3 is 9.47 Å². The van der Waals surface area contributed by atoms with Crippen LogP contribution >= 0.6 is 0 Å². The largest absolute Gasteiger partial charge is 0.488 e. The highest BCUT2D eigenvalue weighted by atomic mass is 16.5. The van der Waals surface area contributed by atoms with Crippen LogP contribution in [0.4, 0.5) is 0 Å². The monoisotopic (exact) mass is 290 g/mol. The Morgan fingerprint density at radius 2 is 1.76 bits per heavy atom. The topological polar surface area (TPSA) is 35.5 Å². The molecule has 1 rings (SSSR count). The number of hydrogen-bond acceptors (Lipinski definition) is 3. The van der Waals surface area contributed by atoms with Gasteiger partial charge in [-0.3, -0.25) is 0 Å². The van der Waals surface area contributed by atoms with Crippen molar-refractivity contribution >= 4 is 11.5 Å². The van der Waals surface area contributed by atoms with E-state index >= 15 is 0 Å². The summed E-state index contributed by atoms with van der Waals surface area (Å²) in [5.41, 5.74) is 1.76. The van der Waals surface area contributed by atoms with E-state index in [4.69, 9.17) is 9.47 Å². The van der Waals surface area contributed by atoms with E-state index in [1.165, 1.54) is 0 Å². The van der Waals surface area contributed by atoms with Gasteiger partial charge in [0, 0.05) is 6.08 Å². The van der Waals surface area contributed by atoms with Gasteiger partial charge in [0.1, 0.15) is 11.4 Å². The van der Waals surface area contributed by atoms with Gasteiger partial charge in [-0.05, 0) is 56.9 Å². The first kappa shape index (κ1) is 17.3. The minimum Gasteiger partial charge on any atom is -0.488 e. The number of carbonyl (C=O) groups is 1. The van der Waals surface area contributed by atoms with E-state index in [1.807, 2.05) is 45.0 Å². The lowest BCUT2D eigenvalue weighted by Crippen LogP contribution is -2.22. The molecule has 0 aromatic heterocycles. The third-order valence-electron chi connectivity index (χ3n) is 2.79. The van der Waals surface area contributed by atoms with Gasteiger partial charge in [-0.15, -0.1) is 0 Å². The zero-order chi connectivity index (χ0) is 16.0. The van der Waals surface area contributed by atoms with Crippen LogP contribution in [0.3, 0.4) is 0 Å². The van der Waals surface area contributed by atoms with Crippen molar-refractivity contribution in [3.8, 4) is 5.75 Å². The molecule has 0 atom stereocenters. The molecule has 0 saturated heterocycles. The summed E-state index contributed by atoms with van der Waals surface area (Å²) < 4.78 is 10.8. The molecule has 0 heterocycles. The van der Waals surface area contributed by atoms with Crippen molar-refractivity contribution in [2.75, 3.05) is 6.61 Å². The molecule has 0 saturated carbocycles. The average Bonchev–Trinajstić information content (AvgIpc) is 2.35. The number of ether oxygens (including phenoxy) is 2. The lowest BCUT2D eigenvalue weighted by molar-refractivity contribution is -0.137. The van der Waals surface area contributed by atoms with Crippen molar-refractivity contribution in [3.63, 3.8) is 0 Å². The summed E-state index contributed by atoms with van der Waals surface area (Å²) in [7, 11) is 0. The fraction of sp³-hybridized carbons (Fsp3) is 0.500. The smallest absolute Gasteiger partial charge is 0.331 e. The second-order valence-electron chi connectivity index (χ2n) is 6.25. The molecule has 1 aromatic rings. The van der Waals surface area contributed by atoms with Gasteiger partial charge in [0.25, 0.3) is 0 Å². The molecular formula is C18H26O3. The predicted octanol–water partition coefficient (Wildman–Crippen LogP) is 4.47. The Morgan fingerprint density at radius 3 is 2.19 bits per heavy atom. The van der Waals surface area contributed by atoms with E-state index in [-0.39, 0.29) is 17.5 Å². The van der Waals surface area contributed by atoms with Gasteiger partial charge in [0.05, 0.1) is 6.61 Å². The Balaban J connectivity index is 2.98. The molecule has 0 amide bonds. The third-order valence-corrected chi connectivity index (χ3v) is 2.79. The fourth-order valence-corrected chi connectivity index (χ4v) is 1.96. The molecule has 3 heteroatoms. The van der Waals surface area contributed by atoms with E-state index in [2.05, 4.69) is 13.8 Å². The van der Waals surface area contributed by atoms with Gasteiger partial charge in [0.15, 0.2) is 0 Å². The molecule has 0 aliphatic heterocycles. The van der Waals surface area contributed by atoms with Crippen molar-refractivity contribution < 1.29 is 14.3 Å². The van der Waals surface area contributed by atoms with E-state index in [0.717, 1.165) is 16.9 Å². The van der Waals surface area contributed by atoms with Crippen molar-refractivity contribution in [1.29, 1.82) is 0 Å². The maximum Gasteiger partial charge on any atom is 0.331 e. The maximum absolute atomic E-state index is 11.7. The first-order valence-corrected chi connectivity index (χ1v) is 7.40. The molecule has 0 N–H and O–H groups in total. The van der Waals surface area contributed by atoms with Crippen LogP contribution in [0.5, 0.6) is 5.75 Å². The fourth-order valence-electron chi connectivity index (χ4n) is 1.96. The molecule has 21 heavy (non-hydrogen) atoms. The summed E-state index contributed by atoms with van der Waals surface area (Å²) in [6, 6.07) is 7.82. The van der Waals surface area contributed by atoms with Crippen molar-refractivity contribution in [2.24, 2.45) is 5.92 Å². The molecule has 0 bridgehead atoms. The van der Waals surface area contributed by atoms with Crippen molar-refractivity contribution in [2.45, 2.75) is 47.1 Å². The lowest BCUT2D eigenvalue weighted by Gasteiger charge is -2.21. The quantitative estimate of drug-likeness (QED) is 0.593. The van der Waals surface area contributed by atoms with Crippen LogP contribution in [0.2, 0.25) is 0 Å². The van der Waals surface area contributed by atoms with Crippen LogP contribution < -0.4 is 4.74 Å². The first-order chi connectivity index (χ1) is 9.73. The molecule has 0 spiro atoms. The Hall–Kier alpha value is -1.77. The van der Waals surface area contributed by atoms with Crippen LogP contribution in [-0.4, -0.2) is 18.2 Å². The Kier molecular flexibility index (Phi) is 6.01. The molecular weight excluding hydrogens is 264 g/mol. The molecule has 0 radical (unpaired) electrons. The molecule has 116 valence electrons. The molecule has 3 nitrogen and oxygen atoms in total. The summed E-state index contributed by atoms with van der Waals surface area (Å²) in [5.74, 6) is 0.769. The van der Waals surface area contributed by atoms with Crippen LogP contribution in [0.25, 0.3) is 5.57 Å². The zero-order valence-corrected chi connectivity index (χ0v) is 13.9. The van der Waals surface area contributed by atoms with Crippen LogP contribution in [0.15, 0.2) is 30.3 Å². The number of allylic oxidation sites excluding steroid dienone is 1. The maximum atomic E-state index is 11.7. The summed E-state index contributed by atoms with van der Waals surface area (Å²) in [6.45, 7) is 12.4. The molecule has 0 fully saturated rings. The molecule has 1 aromatic carbocycles. The van der Waals surface area contributed by atoms with Crippen molar-refractivity contribution in [1.82, 2.24) is 0 Å². The predicted molar refractivity (Wildman–Crippen MR) is 86.3 cm³/mol. The van der Waals surface area contributed by atoms with Gasteiger partial charge >= 0.3 is 5.97 Å². The first-order valence-electron chi connectivity index (χ1n) is 7.40. The van der Waals surface area contributed by atoms with E-state index in [0.29, 0.717) is 6.61 Å². The highest BCUT2D eigenvalue weighted by Gasteiger charge is 2.13. The normalized spacial score (nSPS) is 12.4. The highest BCUT2D eigenvalue weighted by molar-refractivity contribution is 5.91. The molecule has 0 aliphatic rings. The van der Waals surface area contributed by atoms with Gasteiger partial charge in [-0.25, -0.2) is 4.79 Å². The second kappa shape index (κ2) is 7.30. The summed E-state index contributed by atoms with van der Waals surface area (Å²) in [6.07, 6.45) is 1.58. The number of benzene rings is 1. The van der Waals surface area contributed by atoms with Crippen molar-refractivity contribution in [3.05, 3.63) is 35.9 Å². The van der Waals surface area contributed by atoms with E-state index < -0.39 is 0 Å². The number of rotatable bonds is 5. The minimum atomic E-state index is -0.295. The SMILES string of the molecule is CCOC(=O)C=C(c1ccc(OC(C)(C)C)cc1)C(C)C. The Morgan fingerprint density at radius 1 is 1.19 bits per heavy atom. The van der Waals surface area contributed by atoms with Gasteiger partial charge in [-0.1, -0.05) is 26.0 Å². The van der Waals surface area contributed by atoms with Crippen LogP contribution in [0.1, 0.15) is 47.1 Å². The second-order valence-corrected chi connectivity index (χ2v) is 6.25.